The zero-order valence-electron chi connectivity index (χ0n) is 10.6. The first-order valence-corrected chi connectivity index (χ1v) is 8.07. The van der Waals surface area contributed by atoms with Crippen molar-refractivity contribution in [2.45, 2.75) is 26.3 Å². The fourth-order valence-corrected chi connectivity index (χ4v) is 3.34. The molecule has 0 amide bonds. The second-order valence-corrected chi connectivity index (χ2v) is 7.28. The minimum atomic E-state index is -2.87. The molecule has 0 aromatic rings. The fraction of sp³-hybridized carbons (Fsp3) is 1.00. The minimum absolute atomic E-state index is 0.135. The molecule has 1 heterocycles. The predicted molar refractivity (Wildman–Crippen MR) is 67.4 cm³/mol. The second-order valence-electron chi connectivity index (χ2n) is 5.10. The molecule has 4 nitrogen and oxygen atoms in total. The summed E-state index contributed by atoms with van der Waals surface area (Å²) >= 11 is 0. The first-order valence-electron chi connectivity index (χ1n) is 6.01. The van der Waals surface area contributed by atoms with Gasteiger partial charge in [-0.15, -0.1) is 0 Å². The van der Waals surface area contributed by atoms with E-state index in [2.05, 4.69) is 17.1 Å². The van der Waals surface area contributed by atoms with Crippen LogP contribution in [0.2, 0.25) is 0 Å². The Labute approximate surface area is 99.3 Å². The lowest BCUT2D eigenvalue weighted by molar-refractivity contribution is 0.178. The lowest BCUT2D eigenvalue weighted by atomic mass is 10.1. The van der Waals surface area contributed by atoms with Gasteiger partial charge in [0.05, 0.1) is 5.75 Å². The number of hydrogen-bond acceptors (Lipinski definition) is 4. The van der Waals surface area contributed by atoms with E-state index in [-0.39, 0.29) is 11.8 Å². The van der Waals surface area contributed by atoms with Crippen LogP contribution in [0, 0.1) is 5.92 Å². The van der Waals surface area contributed by atoms with E-state index in [1.807, 2.05) is 6.92 Å². The summed E-state index contributed by atoms with van der Waals surface area (Å²) in [7, 11) is -2.87. The van der Waals surface area contributed by atoms with Crippen molar-refractivity contribution < 1.29 is 8.42 Å². The van der Waals surface area contributed by atoms with Crippen LogP contribution in [0.5, 0.6) is 0 Å². The van der Waals surface area contributed by atoms with E-state index in [9.17, 15) is 8.42 Å². The zero-order valence-corrected chi connectivity index (χ0v) is 11.4. The van der Waals surface area contributed by atoms with Gasteiger partial charge < -0.3 is 5.32 Å². The zero-order chi connectivity index (χ0) is 12.2. The van der Waals surface area contributed by atoms with Crippen molar-refractivity contribution in [1.82, 2.24) is 10.2 Å². The van der Waals surface area contributed by atoms with Crippen LogP contribution in [0.1, 0.15) is 20.3 Å². The van der Waals surface area contributed by atoms with E-state index in [0.717, 1.165) is 32.6 Å². The van der Waals surface area contributed by atoms with Crippen molar-refractivity contribution in [3.8, 4) is 0 Å². The van der Waals surface area contributed by atoms with Gasteiger partial charge in [0.2, 0.25) is 0 Å². The third kappa shape index (κ3) is 5.27. The minimum Gasteiger partial charge on any atom is -0.316 e. The molecule has 2 atom stereocenters. The molecule has 0 spiro atoms. The molecule has 96 valence electrons. The Hall–Kier alpha value is -0.130. The van der Waals surface area contributed by atoms with Gasteiger partial charge in [0.25, 0.3) is 0 Å². The summed E-state index contributed by atoms with van der Waals surface area (Å²) in [5.74, 6) is 0.856. The highest BCUT2D eigenvalue weighted by Crippen LogP contribution is 2.09. The van der Waals surface area contributed by atoms with Crippen LogP contribution in [-0.2, 0) is 9.84 Å². The van der Waals surface area contributed by atoms with Gasteiger partial charge in [-0.2, -0.15) is 0 Å². The summed E-state index contributed by atoms with van der Waals surface area (Å²) in [6.07, 6.45) is 2.42. The number of nitrogens with one attached hydrogen (secondary N) is 1. The molecule has 0 aromatic carbocycles. The average Bonchev–Trinajstić information content (AvgIpc) is 2.07. The van der Waals surface area contributed by atoms with Crippen LogP contribution in [0.4, 0.5) is 0 Å². The largest absolute Gasteiger partial charge is 0.316 e. The first kappa shape index (κ1) is 13.9. The van der Waals surface area contributed by atoms with E-state index in [1.54, 1.807) is 0 Å². The van der Waals surface area contributed by atoms with E-state index in [0.29, 0.717) is 5.92 Å². The van der Waals surface area contributed by atoms with Crippen LogP contribution in [0.3, 0.4) is 0 Å². The maximum Gasteiger partial charge on any atom is 0.148 e. The summed E-state index contributed by atoms with van der Waals surface area (Å²) in [4.78, 5) is 2.31. The Morgan fingerprint density at radius 1 is 1.50 bits per heavy atom. The van der Waals surface area contributed by atoms with E-state index in [4.69, 9.17) is 0 Å². The molecule has 5 heteroatoms. The van der Waals surface area contributed by atoms with Gasteiger partial charge in [0.1, 0.15) is 9.84 Å². The number of nitrogens with zero attached hydrogens (tertiary/aromatic N) is 1. The van der Waals surface area contributed by atoms with Crippen molar-refractivity contribution >= 4 is 9.84 Å². The molecule has 0 saturated carbocycles. The summed E-state index contributed by atoms with van der Waals surface area (Å²) in [5.41, 5.74) is 0. The number of hydrogen-bond donors (Lipinski definition) is 1. The SMILES string of the molecule is CC1CNCCCN(C(C)CS(C)(=O)=O)C1. The Bertz CT molecular complexity index is 303. The molecule has 1 aliphatic heterocycles. The van der Waals surface area contributed by atoms with Crippen LogP contribution in [-0.4, -0.2) is 57.5 Å². The molecule has 1 fully saturated rings. The quantitative estimate of drug-likeness (QED) is 0.783. The van der Waals surface area contributed by atoms with Crippen molar-refractivity contribution in [2.75, 3.05) is 38.2 Å². The maximum absolute atomic E-state index is 11.3. The van der Waals surface area contributed by atoms with Crippen molar-refractivity contribution in [3.05, 3.63) is 0 Å². The van der Waals surface area contributed by atoms with Crippen LogP contribution >= 0.6 is 0 Å². The molecule has 1 rings (SSSR count). The molecule has 16 heavy (non-hydrogen) atoms. The summed E-state index contributed by atoms with van der Waals surface area (Å²) < 4.78 is 22.6. The fourth-order valence-electron chi connectivity index (χ4n) is 2.26. The van der Waals surface area contributed by atoms with Gasteiger partial charge in [-0.1, -0.05) is 6.92 Å². The maximum atomic E-state index is 11.3. The highest BCUT2D eigenvalue weighted by Gasteiger charge is 2.21. The average molecular weight is 248 g/mol. The smallest absolute Gasteiger partial charge is 0.148 e. The Morgan fingerprint density at radius 3 is 2.81 bits per heavy atom. The molecule has 0 aliphatic carbocycles. The van der Waals surface area contributed by atoms with E-state index >= 15 is 0 Å². The highest BCUT2D eigenvalue weighted by atomic mass is 32.2. The van der Waals surface area contributed by atoms with Crippen molar-refractivity contribution in [3.63, 3.8) is 0 Å². The molecule has 2 unspecified atom stereocenters. The van der Waals surface area contributed by atoms with Crippen LogP contribution in [0.25, 0.3) is 0 Å². The van der Waals surface area contributed by atoms with Gasteiger partial charge >= 0.3 is 0 Å². The lowest BCUT2D eigenvalue weighted by Gasteiger charge is -2.33. The molecule has 0 aromatic heterocycles. The summed E-state index contributed by atoms with van der Waals surface area (Å²) in [6.45, 7) is 8.27. The third-order valence-electron chi connectivity index (χ3n) is 3.01. The van der Waals surface area contributed by atoms with Crippen molar-refractivity contribution in [2.24, 2.45) is 5.92 Å². The van der Waals surface area contributed by atoms with Crippen LogP contribution < -0.4 is 5.32 Å². The Kier molecular flexibility index (Phi) is 5.21. The van der Waals surface area contributed by atoms with Crippen LogP contribution in [0.15, 0.2) is 0 Å². The normalized spacial score (nSPS) is 27.1. The Morgan fingerprint density at radius 2 is 2.19 bits per heavy atom. The van der Waals surface area contributed by atoms with Crippen molar-refractivity contribution in [1.29, 1.82) is 0 Å². The topological polar surface area (TPSA) is 49.4 Å². The molecule has 0 radical (unpaired) electrons. The molecular weight excluding hydrogens is 224 g/mol. The van der Waals surface area contributed by atoms with Gasteiger partial charge in [-0.25, -0.2) is 8.42 Å². The molecule has 1 N–H and O–H groups in total. The van der Waals surface area contributed by atoms with Gasteiger partial charge in [0.15, 0.2) is 0 Å². The molecule has 1 saturated heterocycles. The Balaban J connectivity index is 2.54. The number of sulfone groups is 1. The lowest BCUT2D eigenvalue weighted by Crippen LogP contribution is -2.45. The van der Waals surface area contributed by atoms with Gasteiger partial charge in [-0.3, -0.25) is 4.90 Å². The number of rotatable bonds is 3. The van der Waals surface area contributed by atoms with E-state index < -0.39 is 9.84 Å². The summed E-state index contributed by atoms with van der Waals surface area (Å²) in [6, 6.07) is 0.135. The molecular formula is C11H24N2O2S. The van der Waals surface area contributed by atoms with Gasteiger partial charge in [-0.05, 0) is 38.9 Å². The van der Waals surface area contributed by atoms with E-state index in [1.165, 1.54) is 6.26 Å². The molecule has 1 aliphatic rings. The highest BCUT2D eigenvalue weighted by molar-refractivity contribution is 7.90. The predicted octanol–water partition coefficient (Wildman–Crippen LogP) is 0.351. The standard InChI is InChI=1S/C11H24N2O2S/c1-10-7-12-5-4-6-13(8-10)11(2)9-16(3,14)15/h10-12H,4-9H2,1-3H3. The van der Waals surface area contributed by atoms with Gasteiger partial charge in [0, 0.05) is 18.8 Å². The second kappa shape index (κ2) is 5.98. The summed E-state index contributed by atoms with van der Waals surface area (Å²) in [5, 5.41) is 3.40. The third-order valence-corrected chi connectivity index (χ3v) is 4.09. The first-order chi connectivity index (χ1) is 7.38. The molecule has 0 bridgehead atoms. The monoisotopic (exact) mass is 248 g/mol.